The summed E-state index contributed by atoms with van der Waals surface area (Å²) in [7, 11) is 4.06. The Morgan fingerprint density at radius 2 is 1.70 bits per heavy atom. The summed E-state index contributed by atoms with van der Waals surface area (Å²) in [6.07, 6.45) is 2.21. The lowest BCUT2D eigenvalue weighted by Gasteiger charge is -2.17. The fourth-order valence-corrected chi connectivity index (χ4v) is 2.85. The summed E-state index contributed by atoms with van der Waals surface area (Å²) < 4.78 is 0. The predicted molar refractivity (Wildman–Crippen MR) is 96.0 cm³/mol. The molecular formula is C19H23N3O. The van der Waals surface area contributed by atoms with Crippen LogP contribution in [0.15, 0.2) is 48.5 Å². The van der Waals surface area contributed by atoms with Gasteiger partial charge in [0.25, 0.3) is 0 Å². The van der Waals surface area contributed by atoms with E-state index in [-0.39, 0.29) is 6.03 Å². The van der Waals surface area contributed by atoms with Gasteiger partial charge in [-0.05, 0) is 48.2 Å². The third-order valence-electron chi connectivity index (χ3n) is 4.22. The molecule has 1 heterocycles. The first kappa shape index (κ1) is 15.4. The number of nitrogens with zero attached hydrogens (tertiary/aromatic N) is 2. The van der Waals surface area contributed by atoms with Crippen LogP contribution in [0.3, 0.4) is 0 Å². The van der Waals surface area contributed by atoms with Gasteiger partial charge >= 0.3 is 6.03 Å². The smallest absolute Gasteiger partial charge is 0.321 e. The van der Waals surface area contributed by atoms with Gasteiger partial charge in [-0.3, -0.25) is 0 Å². The van der Waals surface area contributed by atoms with Gasteiger partial charge in [0.05, 0.1) is 0 Å². The molecule has 1 N–H and O–H groups in total. The third-order valence-corrected chi connectivity index (χ3v) is 4.22. The van der Waals surface area contributed by atoms with Crippen LogP contribution < -0.4 is 10.2 Å². The average molecular weight is 309 g/mol. The molecule has 1 aliphatic heterocycles. The minimum atomic E-state index is 0.00241. The normalized spacial score (nSPS) is 13.9. The summed E-state index contributed by atoms with van der Waals surface area (Å²) in [6, 6.07) is 16.4. The van der Waals surface area contributed by atoms with Gasteiger partial charge in [0.2, 0.25) is 0 Å². The van der Waals surface area contributed by atoms with Crippen molar-refractivity contribution in [3.63, 3.8) is 0 Å². The maximum Gasteiger partial charge on any atom is 0.321 e. The van der Waals surface area contributed by atoms with Crippen LogP contribution in [0.1, 0.15) is 12.8 Å². The third kappa shape index (κ3) is 3.65. The Morgan fingerprint density at radius 1 is 1.00 bits per heavy atom. The second-order valence-corrected chi connectivity index (χ2v) is 6.15. The molecule has 0 aromatic heterocycles. The molecule has 1 fully saturated rings. The monoisotopic (exact) mass is 309 g/mol. The number of hydrogen-bond donors (Lipinski definition) is 1. The standard InChI is InChI=1S/C19H23N3O/c1-21(2)18-10-8-15(9-11-18)16-6-5-7-17(14-16)20-19(23)22-12-3-4-13-22/h5-11,14H,3-4,12-13H2,1-2H3,(H,20,23). The largest absolute Gasteiger partial charge is 0.378 e. The summed E-state index contributed by atoms with van der Waals surface area (Å²) in [4.78, 5) is 16.1. The fraction of sp³-hybridized carbons (Fsp3) is 0.316. The van der Waals surface area contributed by atoms with E-state index in [1.807, 2.05) is 37.2 Å². The van der Waals surface area contributed by atoms with Crippen molar-refractivity contribution >= 4 is 17.4 Å². The van der Waals surface area contributed by atoms with E-state index >= 15 is 0 Å². The maximum atomic E-state index is 12.2. The minimum absolute atomic E-state index is 0.00241. The van der Waals surface area contributed by atoms with Crippen LogP contribution in [-0.2, 0) is 0 Å². The van der Waals surface area contributed by atoms with Crippen molar-refractivity contribution < 1.29 is 4.79 Å². The molecule has 120 valence electrons. The molecule has 0 spiro atoms. The van der Waals surface area contributed by atoms with Crippen LogP contribution in [0.4, 0.5) is 16.2 Å². The number of carbonyl (C=O) groups excluding carboxylic acids is 1. The Morgan fingerprint density at radius 3 is 2.35 bits per heavy atom. The van der Waals surface area contributed by atoms with Crippen molar-refractivity contribution in [2.75, 3.05) is 37.4 Å². The molecular weight excluding hydrogens is 286 g/mol. The van der Waals surface area contributed by atoms with Crippen molar-refractivity contribution in [2.24, 2.45) is 0 Å². The average Bonchev–Trinajstić information content (AvgIpc) is 3.10. The lowest BCUT2D eigenvalue weighted by atomic mass is 10.0. The molecule has 0 radical (unpaired) electrons. The Labute approximate surface area is 137 Å². The van der Waals surface area contributed by atoms with Gasteiger partial charge < -0.3 is 15.1 Å². The molecule has 4 heteroatoms. The molecule has 0 saturated carbocycles. The number of hydrogen-bond acceptors (Lipinski definition) is 2. The highest BCUT2D eigenvalue weighted by Crippen LogP contribution is 2.25. The SMILES string of the molecule is CN(C)c1ccc(-c2cccc(NC(=O)N3CCCC3)c2)cc1. The number of amides is 2. The van der Waals surface area contributed by atoms with E-state index in [9.17, 15) is 4.79 Å². The highest BCUT2D eigenvalue weighted by Gasteiger charge is 2.17. The van der Waals surface area contributed by atoms with Crippen molar-refractivity contribution in [2.45, 2.75) is 12.8 Å². The topological polar surface area (TPSA) is 35.6 Å². The number of rotatable bonds is 3. The van der Waals surface area contributed by atoms with E-state index in [4.69, 9.17) is 0 Å². The number of nitrogens with one attached hydrogen (secondary N) is 1. The van der Waals surface area contributed by atoms with Gasteiger partial charge in [-0.15, -0.1) is 0 Å². The van der Waals surface area contributed by atoms with Crippen LogP contribution in [0, 0.1) is 0 Å². The predicted octanol–water partition coefficient (Wildman–Crippen LogP) is 4.05. The zero-order valence-corrected chi connectivity index (χ0v) is 13.7. The minimum Gasteiger partial charge on any atom is -0.378 e. The summed E-state index contributed by atoms with van der Waals surface area (Å²) >= 11 is 0. The van der Waals surface area contributed by atoms with Gasteiger partial charge in [-0.1, -0.05) is 24.3 Å². The summed E-state index contributed by atoms with van der Waals surface area (Å²) in [5.41, 5.74) is 4.27. The number of anilines is 2. The van der Waals surface area contributed by atoms with Crippen molar-refractivity contribution in [1.82, 2.24) is 4.90 Å². The van der Waals surface area contributed by atoms with Gasteiger partial charge in [0.1, 0.15) is 0 Å². The van der Waals surface area contributed by atoms with E-state index in [0.717, 1.165) is 42.7 Å². The van der Waals surface area contributed by atoms with Crippen molar-refractivity contribution in [3.8, 4) is 11.1 Å². The van der Waals surface area contributed by atoms with Gasteiger partial charge in [0.15, 0.2) is 0 Å². The Hall–Kier alpha value is -2.49. The molecule has 0 aliphatic carbocycles. The first-order chi connectivity index (χ1) is 11.1. The molecule has 2 aromatic rings. The lowest BCUT2D eigenvalue weighted by Crippen LogP contribution is -2.32. The summed E-state index contributed by atoms with van der Waals surface area (Å²) in [6.45, 7) is 1.72. The molecule has 0 unspecified atom stereocenters. The number of benzene rings is 2. The molecule has 1 saturated heterocycles. The van der Waals surface area contributed by atoms with E-state index in [1.54, 1.807) is 0 Å². The summed E-state index contributed by atoms with van der Waals surface area (Å²) in [5, 5.41) is 3.00. The van der Waals surface area contributed by atoms with Crippen LogP contribution >= 0.6 is 0 Å². The molecule has 4 nitrogen and oxygen atoms in total. The van der Waals surface area contributed by atoms with Gasteiger partial charge in [-0.2, -0.15) is 0 Å². The van der Waals surface area contributed by atoms with E-state index < -0.39 is 0 Å². The first-order valence-corrected chi connectivity index (χ1v) is 8.07. The molecule has 1 aliphatic rings. The quantitative estimate of drug-likeness (QED) is 0.928. The number of urea groups is 1. The van der Waals surface area contributed by atoms with Gasteiger partial charge in [0, 0.05) is 38.6 Å². The van der Waals surface area contributed by atoms with Crippen LogP contribution in [0.5, 0.6) is 0 Å². The second-order valence-electron chi connectivity index (χ2n) is 6.15. The molecule has 2 amide bonds. The zero-order valence-electron chi connectivity index (χ0n) is 13.7. The molecule has 2 aromatic carbocycles. The Balaban J connectivity index is 1.75. The Kier molecular flexibility index (Phi) is 4.51. The highest BCUT2D eigenvalue weighted by molar-refractivity contribution is 5.90. The first-order valence-electron chi connectivity index (χ1n) is 8.07. The highest BCUT2D eigenvalue weighted by atomic mass is 16.2. The van der Waals surface area contributed by atoms with E-state index in [0.29, 0.717) is 0 Å². The van der Waals surface area contributed by atoms with E-state index in [1.165, 1.54) is 5.69 Å². The molecule has 0 bridgehead atoms. The maximum absolute atomic E-state index is 12.2. The van der Waals surface area contributed by atoms with Crippen molar-refractivity contribution in [1.29, 1.82) is 0 Å². The number of likely N-dealkylation sites (tertiary alicyclic amines) is 1. The summed E-state index contributed by atoms with van der Waals surface area (Å²) in [5.74, 6) is 0. The Bertz CT molecular complexity index is 673. The number of carbonyl (C=O) groups is 1. The van der Waals surface area contributed by atoms with Gasteiger partial charge in [-0.25, -0.2) is 4.79 Å². The van der Waals surface area contributed by atoms with Crippen molar-refractivity contribution in [3.05, 3.63) is 48.5 Å². The van der Waals surface area contributed by atoms with E-state index in [2.05, 4.69) is 40.5 Å². The molecule has 3 rings (SSSR count). The van der Waals surface area contributed by atoms with Crippen LogP contribution in [-0.4, -0.2) is 38.1 Å². The lowest BCUT2D eigenvalue weighted by molar-refractivity contribution is 0.222. The zero-order chi connectivity index (χ0) is 16.2. The second kappa shape index (κ2) is 6.73. The van der Waals surface area contributed by atoms with Crippen LogP contribution in [0.2, 0.25) is 0 Å². The fourth-order valence-electron chi connectivity index (χ4n) is 2.85. The molecule has 23 heavy (non-hydrogen) atoms. The van der Waals surface area contributed by atoms with Crippen LogP contribution in [0.25, 0.3) is 11.1 Å². The molecule has 0 atom stereocenters.